The zero-order valence-corrected chi connectivity index (χ0v) is 17.6. The van der Waals surface area contributed by atoms with Crippen molar-refractivity contribution in [3.05, 3.63) is 88.9 Å². The number of hydrogen-bond acceptors (Lipinski definition) is 4. The lowest BCUT2D eigenvalue weighted by Gasteiger charge is -2.15. The van der Waals surface area contributed by atoms with E-state index in [1.807, 2.05) is 42.6 Å². The fourth-order valence-corrected chi connectivity index (χ4v) is 3.99. The number of nitrogens with one attached hydrogen (secondary N) is 2. The van der Waals surface area contributed by atoms with Crippen LogP contribution in [0.25, 0.3) is 32.6 Å². The van der Waals surface area contributed by atoms with Crippen LogP contribution >= 0.6 is 0 Å². The minimum Gasteiger partial charge on any atom is -0.481 e. The Morgan fingerprint density at radius 1 is 1.00 bits per heavy atom. The summed E-state index contributed by atoms with van der Waals surface area (Å²) in [5.74, 6) is 0.264. The van der Waals surface area contributed by atoms with Crippen LogP contribution in [0.1, 0.15) is 12.5 Å². The number of hydrogen-bond donors (Lipinski definition) is 2. The summed E-state index contributed by atoms with van der Waals surface area (Å²) in [5.41, 5.74) is 2.28. The highest BCUT2D eigenvalue weighted by molar-refractivity contribution is 6.04. The Morgan fingerprint density at radius 2 is 1.75 bits per heavy atom. The van der Waals surface area contributed by atoms with Crippen LogP contribution in [-0.2, 0) is 11.2 Å². The van der Waals surface area contributed by atoms with Crippen LogP contribution in [0.4, 0.5) is 0 Å². The van der Waals surface area contributed by atoms with E-state index in [4.69, 9.17) is 9.15 Å². The van der Waals surface area contributed by atoms with Crippen LogP contribution in [-0.4, -0.2) is 23.5 Å². The van der Waals surface area contributed by atoms with Gasteiger partial charge in [-0.2, -0.15) is 0 Å². The molecule has 0 aliphatic carbocycles. The summed E-state index contributed by atoms with van der Waals surface area (Å²) in [6.45, 7) is 2.20. The Morgan fingerprint density at radius 3 is 2.59 bits per heavy atom. The lowest BCUT2D eigenvalue weighted by molar-refractivity contribution is -0.127. The molecule has 1 amide bonds. The van der Waals surface area contributed by atoms with Crippen molar-refractivity contribution in [3.8, 4) is 5.75 Å². The van der Waals surface area contributed by atoms with E-state index in [-0.39, 0.29) is 5.91 Å². The second-order valence-electron chi connectivity index (χ2n) is 7.75. The number of carbonyl (C=O) groups is 1. The molecule has 160 valence electrons. The Labute approximate surface area is 183 Å². The summed E-state index contributed by atoms with van der Waals surface area (Å²) in [7, 11) is 0. The normalized spacial score (nSPS) is 12.3. The number of aromatic amines is 1. The summed E-state index contributed by atoms with van der Waals surface area (Å²) in [5, 5.41) is 6.28. The molecule has 1 atom stereocenters. The third-order valence-electron chi connectivity index (χ3n) is 5.64. The lowest BCUT2D eigenvalue weighted by atomic mass is 10.1. The molecule has 0 saturated carbocycles. The third kappa shape index (κ3) is 3.71. The highest BCUT2D eigenvalue weighted by atomic mass is 16.5. The summed E-state index contributed by atoms with van der Waals surface area (Å²) >= 11 is 0. The number of para-hydroxylation sites is 1. The second kappa shape index (κ2) is 8.23. The van der Waals surface area contributed by atoms with Crippen molar-refractivity contribution in [2.45, 2.75) is 19.4 Å². The minimum atomic E-state index is -0.692. The van der Waals surface area contributed by atoms with Gasteiger partial charge < -0.3 is 19.5 Å². The van der Waals surface area contributed by atoms with E-state index in [1.54, 1.807) is 31.2 Å². The van der Waals surface area contributed by atoms with E-state index in [0.717, 1.165) is 33.7 Å². The lowest BCUT2D eigenvalue weighted by Crippen LogP contribution is -2.37. The first-order valence-corrected chi connectivity index (χ1v) is 10.5. The van der Waals surface area contributed by atoms with Crippen molar-refractivity contribution >= 4 is 38.6 Å². The number of rotatable bonds is 6. The molecule has 0 saturated heterocycles. The number of benzene rings is 3. The van der Waals surface area contributed by atoms with Gasteiger partial charge in [0.05, 0.1) is 5.39 Å². The van der Waals surface area contributed by atoms with Gasteiger partial charge in [-0.05, 0) is 48.6 Å². The average molecular weight is 426 g/mol. The number of H-pyrrole nitrogens is 1. The molecule has 0 bridgehead atoms. The maximum atomic E-state index is 12.5. The molecular weight excluding hydrogens is 404 g/mol. The molecule has 32 heavy (non-hydrogen) atoms. The first-order valence-electron chi connectivity index (χ1n) is 10.5. The molecule has 0 unspecified atom stereocenters. The molecule has 0 fully saturated rings. The topological polar surface area (TPSA) is 84.3 Å². The molecule has 5 aromatic rings. The average Bonchev–Trinajstić information content (AvgIpc) is 3.22. The van der Waals surface area contributed by atoms with Gasteiger partial charge in [-0.1, -0.05) is 36.4 Å². The maximum Gasteiger partial charge on any atom is 0.344 e. The summed E-state index contributed by atoms with van der Waals surface area (Å²) in [6.07, 6.45) is 2.00. The maximum absolute atomic E-state index is 12.5. The van der Waals surface area contributed by atoms with E-state index in [1.165, 1.54) is 0 Å². The molecule has 3 aromatic carbocycles. The largest absolute Gasteiger partial charge is 0.481 e. The Bertz CT molecular complexity index is 1500. The van der Waals surface area contributed by atoms with E-state index in [0.29, 0.717) is 23.3 Å². The summed E-state index contributed by atoms with van der Waals surface area (Å²) < 4.78 is 11.3. The van der Waals surface area contributed by atoms with E-state index < -0.39 is 11.7 Å². The fourth-order valence-electron chi connectivity index (χ4n) is 3.99. The van der Waals surface area contributed by atoms with Crippen LogP contribution in [0.2, 0.25) is 0 Å². The molecule has 0 aliphatic heterocycles. The number of amides is 1. The van der Waals surface area contributed by atoms with E-state index in [9.17, 15) is 9.59 Å². The number of fused-ring (bicyclic) bond motifs is 4. The monoisotopic (exact) mass is 426 g/mol. The highest BCUT2D eigenvalue weighted by Gasteiger charge is 2.16. The molecule has 6 heteroatoms. The molecule has 0 radical (unpaired) electrons. The zero-order chi connectivity index (χ0) is 22.1. The predicted molar refractivity (Wildman–Crippen MR) is 125 cm³/mol. The summed E-state index contributed by atoms with van der Waals surface area (Å²) in [6, 6.07) is 20.7. The van der Waals surface area contributed by atoms with Gasteiger partial charge in [0, 0.05) is 35.1 Å². The highest BCUT2D eigenvalue weighted by Crippen LogP contribution is 2.26. The molecule has 0 aliphatic rings. The molecular formula is C26H22N2O4. The quantitative estimate of drug-likeness (QED) is 0.308. The minimum absolute atomic E-state index is 0.204. The number of ether oxygens (including phenoxy) is 1. The van der Waals surface area contributed by atoms with E-state index >= 15 is 0 Å². The van der Waals surface area contributed by atoms with Crippen molar-refractivity contribution in [3.63, 3.8) is 0 Å². The van der Waals surface area contributed by atoms with Crippen LogP contribution < -0.4 is 15.7 Å². The van der Waals surface area contributed by atoms with Gasteiger partial charge in [-0.15, -0.1) is 0 Å². The third-order valence-corrected chi connectivity index (χ3v) is 5.64. The zero-order valence-electron chi connectivity index (χ0n) is 17.6. The van der Waals surface area contributed by atoms with Crippen molar-refractivity contribution < 1.29 is 13.9 Å². The van der Waals surface area contributed by atoms with Gasteiger partial charge in [0.1, 0.15) is 11.3 Å². The Hall–Kier alpha value is -4.06. The van der Waals surface area contributed by atoms with Crippen molar-refractivity contribution in [2.24, 2.45) is 0 Å². The van der Waals surface area contributed by atoms with Gasteiger partial charge in [-0.25, -0.2) is 4.79 Å². The number of carbonyl (C=O) groups excluding carboxylic acids is 1. The van der Waals surface area contributed by atoms with Crippen LogP contribution in [0.3, 0.4) is 0 Å². The molecule has 6 nitrogen and oxygen atoms in total. The van der Waals surface area contributed by atoms with E-state index in [2.05, 4.69) is 16.4 Å². The molecule has 0 spiro atoms. The molecule has 2 heterocycles. The van der Waals surface area contributed by atoms with Crippen molar-refractivity contribution in [1.82, 2.24) is 10.3 Å². The Kier molecular flexibility index (Phi) is 5.11. The number of aromatic nitrogens is 1. The Balaban J connectivity index is 1.25. The van der Waals surface area contributed by atoms with Gasteiger partial charge in [0.25, 0.3) is 5.91 Å². The van der Waals surface area contributed by atoms with Gasteiger partial charge in [0.2, 0.25) is 0 Å². The first-order chi connectivity index (χ1) is 15.6. The second-order valence-corrected chi connectivity index (χ2v) is 7.75. The van der Waals surface area contributed by atoms with Gasteiger partial charge in [0.15, 0.2) is 6.10 Å². The SMILES string of the molecule is C[C@@H](Oc1ccc2c(c1)oc(=O)c1ccccc12)C(=O)NCCc1c[nH]c2ccccc12. The van der Waals surface area contributed by atoms with Crippen molar-refractivity contribution in [2.75, 3.05) is 6.54 Å². The van der Waals surface area contributed by atoms with Crippen LogP contribution in [0, 0.1) is 0 Å². The van der Waals surface area contributed by atoms with Crippen LogP contribution in [0.15, 0.2) is 82.1 Å². The van der Waals surface area contributed by atoms with Crippen molar-refractivity contribution in [1.29, 1.82) is 0 Å². The molecule has 2 aromatic heterocycles. The van der Waals surface area contributed by atoms with Gasteiger partial charge >= 0.3 is 5.63 Å². The standard InChI is InChI=1S/C26H22N2O4/c1-16(25(29)27-13-12-17-15-28-23-9-5-4-6-19(17)23)31-18-10-11-21-20-7-2-3-8-22(20)26(30)32-24(21)14-18/h2-11,14-16,28H,12-13H2,1H3,(H,27,29)/t16-/m1/s1. The first kappa shape index (κ1) is 19.9. The van der Waals surface area contributed by atoms with Crippen LogP contribution in [0.5, 0.6) is 5.75 Å². The smallest absolute Gasteiger partial charge is 0.344 e. The van der Waals surface area contributed by atoms with Gasteiger partial charge in [-0.3, -0.25) is 4.79 Å². The predicted octanol–water partition coefficient (Wildman–Crippen LogP) is 4.55. The molecule has 5 rings (SSSR count). The summed E-state index contributed by atoms with van der Waals surface area (Å²) in [4.78, 5) is 28.0. The fraction of sp³-hybridized carbons (Fsp3) is 0.154. The molecule has 2 N–H and O–H groups in total.